The van der Waals surface area contributed by atoms with Crippen molar-refractivity contribution in [3.05, 3.63) is 23.2 Å². The first-order chi connectivity index (χ1) is 9.03. The number of benzene rings is 1. The highest BCUT2D eigenvalue weighted by Crippen LogP contribution is 2.26. The minimum Gasteiger partial charge on any atom is -0.495 e. The highest BCUT2D eigenvalue weighted by molar-refractivity contribution is 7.89. The molecule has 106 valence electrons. The van der Waals surface area contributed by atoms with Crippen LogP contribution in [0.25, 0.3) is 0 Å². The van der Waals surface area contributed by atoms with Crippen LogP contribution in [0.5, 0.6) is 5.75 Å². The lowest BCUT2D eigenvalue weighted by molar-refractivity contribution is 0.414. The standard InChI is InChI=1S/C12H17ClN2O3S/c1-18-12-5-4-10(8-11(12)13)19(16,17)15-7-6-14-9-2-3-9/h4-5,8-9,14-15H,2-3,6-7H2,1H3. The van der Waals surface area contributed by atoms with Gasteiger partial charge >= 0.3 is 0 Å². The van der Waals surface area contributed by atoms with Gasteiger partial charge in [-0.2, -0.15) is 0 Å². The molecule has 0 unspecified atom stereocenters. The van der Waals surface area contributed by atoms with E-state index in [-0.39, 0.29) is 9.92 Å². The van der Waals surface area contributed by atoms with E-state index >= 15 is 0 Å². The topological polar surface area (TPSA) is 67.4 Å². The molecule has 1 aromatic rings. The second kappa shape index (κ2) is 6.09. The Balaban J connectivity index is 1.95. The molecule has 7 heteroatoms. The van der Waals surface area contributed by atoms with Crippen molar-refractivity contribution in [2.75, 3.05) is 20.2 Å². The number of nitrogens with one attached hydrogen (secondary N) is 2. The van der Waals surface area contributed by atoms with Gasteiger partial charge in [0.2, 0.25) is 10.0 Å². The maximum atomic E-state index is 12.0. The van der Waals surface area contributed by atoms with Crippen molar-refractivity contribution < 1.29 is 13.2 Å². The zero-order valence-electron chi connectivity index (χ0n) is 10.6. The first kappa shape index (κ1) is 14.6. The van der Waals surface area contributed by atoms with Gasteiger partial charge in [0.05, 0.1) is 17.0 Å². The first-order valence-electron chi connectivity index (χ1n) is 6.09. The van der Waals surface area contributed by atoms with Crippen molar-refractivity contribution >= 4 is 21.6 Å². The number of methoxy groups -OCH3 is 1. The zero-order valence-corrected chi connectivity index (χ0v) is 12.2. The Labute approximate surface area is 118 Å². The predicted octanol–water partition coefficient (Wildman–Crippen LogP) is 1.38. The van der Waals surface area contributed by atoms with E-state index in [9.17, 15) is 8.42 Å². The van der Waals surface area contributed by atoms with Gasteiger partial charge in [-0.15, -0.1) is 0 Å². The molecule has 1 aromatic carbocycles. The van der Waals surface area contributed by atoms with E-state index in [0.29, 0.717) is 24.9 Å². The fourth-order valence-electron chi connectivity index (χ4n) is 1.65. The number of rotatable bonds is 7. The molecule has 0 saturated heterocycles. The quantitative estimate of drug-likeness (QED) is 0.747. The first-order valence-corrected chi connectivity index (χ1v) is 7.95. The van der Waals surface area contributed by atoms with Crippen LogP contribution in [-0.2, 0) is 10.0 Å². The number of hydrogen-bond acceptors (Lipinski definition) is 4. The Hall–Kier alpha value is -0.820. The summed E-state index contributed by atoms with van der Waals surface area (Å²) >= 11 is 5.92. The molecular formula is C12H17ClN2O3S. The van der Waals surface area contributed by atoms with Crippen LogP contribution in [0, 0.1) is 0 Å². The van der Waals surface area contributed by atoms with Crippen LogP contribution in [0.4, 0.5) is 0 Å². The second-order valence-corrected chi connectivity index (χ2v) is 6.60. The smallest absolute Gasteiger partial charge is 0.240 e. The predicted molar refractivity (Wildman–Crippen MR) is 74.2 cm³/mol. The number of hydrogen-bond donors (Lipinski definition) is 2. The minimum atomic E-state index is -3.52. The molecule has 2 N–H and O–H groups in total. The molecule has 2 rings (SSSR count). The summed E-state index contributed by atoms with van der Waals surface area (Å²) in [6.45, 7) is 0.996. The molecule has 1 fully saturated rings. The summed E-state index contributed by atoms with van der Waals surface area (Å²) in [7, 11) is -2.03. The van der Waals surface area contributed by atoms with Gasteiger partial charge in [0.1, 0.15) is 5.75 Å². The van der Waals surface area contributed by atoms with Gasteiger partial charge in [-0.3, -0.25) is 0 Å². The van der Waals surface area contributed by atoms with Gasteiger partial charge in [0, 0.05) is 19.1 Å². The van der Waals surface area contributed by atoms with Crippen LogP contribution in [0.15, 0.2) is 23.1 Å². The molecule has 0 atom stereocenters. The molecule has 5 nitrogen and oxygen atoms in total. The molecule has 0 amide bonds. The summed E-state index contributed by atoms with van der Waals surface area (Å²) in [6.07, 6.45) is 2.36. The Kier molecular flexibility index (Phi) is 4.67. The van der Waals surface area contributed by atoms with Crippen molar-refractivity contribution in [2.24, 2.45) is 0 Å². The van der Waals surface area contributed by atoms with E-state index in [4.69, 9.17) is 16.3 Å². The van der Waals surface area contributed by atoms with Crippen molar-refractivity contribution in [1.82, 2.24) is 10.0 Å². The minimum absolute atomic E-state index is 0.143. The van der Waals surface area contributed by atoms with Gasteiger partial charge < -0.3 is 10.1 Å². The summed E-state index contributed by atoms with van der Waals surface area (Å²) in [5.41, 5.74) is 0. The molecule has 1 aliphatic rings. The van der Waals surface area contributed by atoms with E-state index in [2.05, 4.69) is 10.0 Å². The fraction of sp³-hybridized carbons (Fsp3) is 0.500. The molecule has 19 heavy (non-hydrogen) atoms. The average molecular weight is 305 g/mol. The molecule has 1 saturated carbocycles. The van der Waals surface area contributed by atoms with E-state index in [1.54, 1.807) is 6.07 Å². The Morgan fingerprint density at radius 2 is 2.11 bits per heavy atom. The number of sulfonamides is 1. The molecule has 0 bridgehead atoms. The van der Waals surface area contributed by atoms with Crippen molar-refractivity contribution in [1.29, 1.82) is 0 Å². The third-order valence-corrected chi connectivity index (χ3v) is 4.62. The van der Waals surface area contributed by atoms with E-state index in [1.807, 2.05) is 0 Å². The number of halogens is 1. The molecule has 0 spiro atoms. The Bertz CT molecular complexity index is 544. The fourth-order valence-corrected chi connectivity index (χ4v) is 3.03. The summed E-state index contributed by atoms with van der Waals surface area (Å²) in [5.74, 6) is 0.455. The van der Waals surface area contributed by atoms with Crippen molar-refractivity contribution in [3.63, 3.8) is 0 Å². The highest BCUT2D eigenvalue weighted by Gasteiger charge is 2.20. The summed E-state index contributed by atoms with van der Waals surface area (Å²) in [5, 5.41) is 3.52. The van der Waals surface area contributed by atoms with Crippen LogP contribution in [0.1, 0.15) is 12.8 Å². The summed E-state index contributed by atoms with van der Waals surface area (Å²) < 4.78 is 31.5. The van der Waals surface area contributed by atoms with Crippen molar-refractivity contribution in [3.8, 4) is 5.75 Å². The molecule has 1 aliphatic carbocycles. The lowest BCUT2D eigenvalue weighted by Gasteiger charge is -2.09. The van der Waals surface area contributed by atoms with Gasteiger partial charge in [-0.1, -0.05) is 11.6 Å². The molecule has 0 aliphatic heterocycles. The molecule has 0 aromatic heterocycles. The van der Waals surface area contributed by atoms with Gasteiger partial charge in [-0.25, -0.2) is 13.1 Å². The highest BCUT2D eigenvalue weighted by atomic mass is 35.5. The Morgan fingerprint density at radius 1 is 1.37 bits per heavy atom. The largest absolute Gasteiger partial charge is 0.495 e. The lowest BCUT2D eigenvalue weighted by atomic mass is 10.3. The zero-order chi connectivity index (χ0) is 13.9. The third kappa shape index (κ3) is 4.07. The molecule has 0 radical (unpaired) electrons. The van der Waals surface area contributed by atoms with Crippen molar-refractivity contribution in [2.45, 2.75) is 23.8 Å². The monoisotopic (exact) mass is 304 g/mol. The van der Waals surface area contributed by atoms with Crippen LogP contribution in [0.2, 0.25) is 5.02 Å². The van der Waals surface area contributed by atoms with E-state index in [1.165, 1.54) is 32.1 Å². The van der Waals surface area contributed by atoms with Gasteiger partial charge in [0.25, 0.3) is 0 Å². The lowest BCUT2D eigenvalue weighted by Crippen LogP contribution is -2.32. The average Bonchev–Trinajstić information content (AvgIpc) is 3.18. The van der Waals surface area contributed by atoms with E-state index in [0.717, 1.165) is 0 Å². The van der Waals surface area contributed by atoms with E-state index < -0.39 is 10.0 Å². The van der Waals surface area contributed by atoms with Gasteiger partial charge in [-0.05, 0) is 31.0 Å². The SMILES string of the molecule is COc1ccc(S(=O)(=O)NCCNC2CC2)cc1Cl. The van der Waals surface area contributed by atoms with Gasteiger partial charge in [0.15, 0.2) is 0 Å². The molecular weight excluding hydrogens is 288 g/mol. The van der Waals surface area contributed by atoms with Crippen LogP contribution in [-0.4, -0.2) is 34.7 Å². The third-order valence-electron chi connectivity index (χ3n) is 2.86. The second-order valence-electron chi connectivity index (χ2n) is 4.42. The maximum absolute atomic E-state index is 12.0. The van der Waals surface area contributed by atoms with Crippen LogP contribution < -0.4 is 14.8 Å². The summed E-state index contributed by atoms with van der Waals surface area (Å²) in [6, 6.07) is 4.97. The molecule has 0 heterocycles. The normalized spacial score (nSPS) is 15.5. The Morgan fingerprint density at radius 3 is 2.68 bits per heavy atom. The summed E-state index contributed by atoms with van der Waals surface area (Å²) in [4.78, 5) is 0.143. The number of ether oxygens (including phenoxy) is 1. The van der Waals surface area contributed by atoms with Crippen LogP contribution in [0.3, 0.4) is 0 Å². The maximum Gasteiger partial charge on any atom is 0.240 e. The van der Waals surface area contributed by atoms with Crippen LogP contribution >= 0.6 is 11.6 Å².